The fourth-order valence-electron chi connectivity index (χ4n) is 4.89. The van der Waals surface area contributed by atoms with Crippen LogP contribution in [-0.2, 0) is 4.79 Å². The van der Waals surface area contributed by atoms with E-state index in [0.717, 1.165) is 28.4 Å². The van der Waals surface area contributed by atoms with Crippen molar-refractivity contribution in [2.75, 3.05) is 24.9 Å². The zero-order valence-electron chi connectivity index (χ0n) is 18.6. The van der Waals surface area contributed by atoms with Crippen LogP contribution in [0.25, 0.3) is 0 Å². The number of Topliss-reactive ketones (excluding diaryl/α,β-unsaturated/α-hetero) is 1. The number of carbonyl (C=O) groups excluding carboxylic acids is 1. The fourth-order valence-corrected chi connectivity index (χ4v) is 4.89. The molecule has 5 rings (SSSR count). The van der Waals surface area contributed by atoms with Gasteiger partial charge in [-0.1, -0.05) is 42.5 Å². The van der Waals surface area contributed by atoms with E-state index in [-0.39, 0.29) is 17.5 Å². The van der Waals surface area contributed by atoms with Gasteiger partial charge in [-0.05, 0) is 36.2 Å². The lowest BCUT2D eigenvalue weighted by atomic mass is 9.78. The maximum Gasteiger partial charge on any atom is 0.163 e. The van der Waals surface area contributed by atoms with Crippen molar-refractivity contribution >= 4 is 17.2 Å². The van der Waals surface area contributed by atoms with Gasteiger partial charge < -0.3 is 25.2 Å². The molecule has 0 radical (unpaired) electrons. The molecular weight excluding hydrogens is 416 g/mol. The molecule has 33 heavy (non-hydrogen) atoms. The van der Waals surface area contributed by atoms with E-state index in [1.807, 2.05) is 60.7 Å². The van der Waals surface area contributed by atoms with E-state index in [2.05, 4.69) is 10.6 Å². The number of hydrogen-bond donors (Lipinski definition) is 3. The lowest BCUT2D eigenvalue weighted by molar-refractivity contribution is -0.116. The molecule has 2 aliphatic rings. The fraction of sp³-hybridized carbons (Fsp3) is 0.222. The summed E-state index contributed by atoms with van der Waals surface area (Å²) in [6.07, 6.45) is 1.01. The Bertz CT molecular complexity index is 1250. The summed E-state index contributed by atoms with van der Waals surface area (Å²) < 4.78 is 10.9. The molecule has 0 aromatic heterocycles. The van der Waals surface area contributed by atoms with Crippen LogP contribution in [-0.4, -0.2) is 25.1 Å². The number of para-hydroxylation sites is 4. The minimum Gasteiger partial charge on any atom is -0.504 e. The molecule has 2 atom stereocenters. The zero-order chi connectivity index (χ0) is 22.9. The number of phenolic OH excluding ortho intramolecular Hbond substituents is 1. The third kappa shape index (κ3) is 3.67. The van der Waals surface area contributed by atoms with E-state index in [0.29, 0.717) is 29.7 Å². The van der Waals surface area contributed by atoms with Crippen LogP contribution in [0.5, 0.6) is 17.2 Å². The van der Waals surface area contributed by atoms with Crippen LogP contribution in [0.15, 0.2) is 78.0 Å². The van der Waals surface area contributed by atoms with Gasteiger partial charge in [0.15, 0.2) is 17.3 Å². The first-order chi connectivity index (χ1) is 16.1. The Hall–Kier alpha value is -3.93. The lowest BCUT2D eigenvalue weighted by Gasteiger charge is -2.30. The van der Waals surface area contributed by atoms with Crippen molar-refractivity contribution in [1.29, 1.82) is 0 Å². The molecular formula is C27H26N2O4. The number of aromatic hydroxyl groups is 1. The molecule has 1 heterocycles. The Morgan fingerprint density at radius 1 is 0.818 bits per heavy atom. The highest BCUT2D eigenvalue weighted by atomic mass is 16.5. The summed E-state index contributed by atoms with van der Waals surface area (Å²) in [5.41, 5.74) is 4.87. The summed E-state index contributed by atoms with van der Waals surface area (Å²) in [6.45, 7) is 0. The molecule has 0 fully saturated rings. The highest BCUT2D eigenvalue weighted by molar-refractivity contribution is 6.01. The average Bonchev–Trinajstić information content (AvgIpc) is 3.01. The van der Waals surface area contributed by atoms with Crippen LogP contribution >= 0.6 is 0 Å². The number of nitrogens with one attached hydrogen (secondary N) is 2. The van der Waals surface area contributed by atoms with Gasteiger partial charge in [-0.25, -0.2) is 0 Å². The number of rotatable bonds is 4. The van der Waals surface area contributed by atoms with Gasteiger partial charge in [0.25, 0.3) is 0 Å². The largest absolute Gasteiger partial charge is 0.504 e. The van der Waals surface area contributed by atoms with E-state index in [1.54, 1.807) is 13.2 Å². The molecule has 0 bridgehead atoms. The molecule has 168 valence electrons. The topological polar surface area (TPSA) is 79.8 Å². The van der Waals surface area contributed by atoms with Gasteiger partial charge in [0.2, 0.25) is 0 Å². The van der Waals surface area contributed by atoms with Crippen molar-refractivity contribution in [2.24, 2.45) is 0 Å². The van der Waals surface area contributed by atoms with Crippen LogP contribution < -0.4 is 20.1 Å². The molecule has 3 N–H and O–H groups in total. The normalized spacial score (nSPS) is 19.5. The number of allylic oxidation sites excluding steroid dienone is 1. The third-order valence-electron chi connectivity index (χ3n) is 6.45. The number of carbonyl (C=O) groups is 1. The minimum absolute atomic E-state index is 0.00952. The van der Waals surface area contributed by atoms with Crippen LogP contribution in [0.2, 0.25) is 0 Å². The molecule has 1 aliphatic carbocycles. The Morgan fingerprint density at radius 3 is 2.27 bits per heavy atom. The average molecular weight is 443 g/mol. The lowest BCUT2D eigenvalue weighted by Crippen LogP contribution is -2.27. The summed E-state index contributed by atoms with van der Waals surface area (Å²) in [4.78, 5) is 13.7. The Balaban J connectivity index is 1.64. The summed E-state index contributed by atoms with van der Waals surface area (Å²) >= 11 is 0. The van der Waals surface area contributed by atoms with E-state index in [4.69, 9.17) is 9.47 Å². The number of phenols is 1. The molecule has 6 nitrogen and oxygen atoms in total. The predicted molar refractivity (Wildman–Crippen MR) is 128 cm³/mol. The molecule has 0 saturated heterocycles. The Kier molecular flexibility index (Phi) is 5.42. The monoisotopic (exact) mass is 442 g/mol. The molecule has 1 aliphatic heterocycles. The van der Waals surface area contributed by atoms with Gasteiger partial charge >= 0.3 is 0 Å². The molecule has 2 unspecified atom stereocenters. The first-order valence-electron chi connectivity index (χ1n) is 11.0. The van der Waals surface area contributed by atoms with Crippen LogP contribution in [0.4, 0.5) is 11.4 Å². The second-order valence-electron chi connectivity index (χ2n) is 8.31. The number of methoxy groups -OCH3 is 2. The van der Waals surface area contributed by atoms with Gasteiger partial charge in [-0.15, -0.1) is 0 Å². The van der Waals surface area contributed by atoms with Crippen molar-refractivity contribution in [2.45, 2.75) is 24.8 Å². The molecule has 0 spiro atoms. The standard InChI is InChI=1S/C27H26N2O4/c1-32-23-12-6-3-8-17(23)16-14-21-25(22(30)15-16)26(18-9-7-13-24(33-2)27(18)31)29-20-11-5-4-10-19(20)28-21/h3-13,16,26,28-29,31H,14-15H2,1-2H3. The SMILES string of the molecule is COc1ccccc1C1CC(=O)C2=C(C1)Nc1ccccc1NC2c1cccc(OC)c1O. The summed E-state index contributed by atoms with van der Waals surface area (Å²) in [6, 6.07) is 20.6. The number of ether oxygens (including phenoxy) is 2. The molecule has 0 amide bonds. The van der Waals surface area contributed by atoms with Crippen molar-refractivity contribution in [3.8, 4) is 17.2 Å². The molecule has 0 saturated carbocycles. The second kappa shape index (κ2) is 8.54. The number of fused-ring (bicyclic) bond motifs is 1. The van der Waals surface area contributed by atoms with Gasteiger partial charge in [0, 0.05) is 29.2 Å². The van der Waals surface area contributed by atoms with E-state index in [1.165, 1.54) is 7.11 Å². The van der Waals surface area contributed by atoms with Gasteiger partial charge in [-0.3, -0.25) is 4.79 Å². The number of ketones is 1. The second-order valence-corrected chi connectivity index (χ2v) is 8.31. The number of anilines is 2. The summed E-state index contributed by atoms with van der Waals surface area (Å²) in [5.74, 6) is 1.21. The van der Waals surface area contributed by atoms with Gasteiger partial charge in [0.05, 0.1) is 31.6 Å². The maximum atomic E-state index is 13.7. The van der Waals surface area contributed by atoms with E-state index >= 15 is 0 Å². The first kappa shape index (κ1) is 20.9. The number of benzene rings is 3. The number of hydrogen-bond acceptors (Lipinski definition) is 6. The van der Waals surface area contributed by atoms with Crippen LogP contribution in [0, 0.1) is 0 Å². The van der Waals surface area contributed by atoms with Crippen LogP contribution in [0.1, 0.15) is 35.9 Å². The van der Waals surface area contributed by atoms with Crippen LogP contribution in [0.3, 0.4) is 0 Å². The summed E-state index contributed by atoms with van der Waals surface area (Å²) in [5, 5.41) is 17.9. The maximum absolute atomic E-state index is 13.7. The molecule has 6 heteroatoms. The Labute approximate surface area is 192 Å². The van der Waals surface area contributed by atoms with Crippen molar-refractivity contribution in [1.82, 2.24) is 0 Å². The predicted octanol–water partition coefficient (Wildman–Crippen LogP) is 5.39. The highest BCUT2D eigenvalue weighted by Crippen LogP contribution is 2.47. The van der Waals surface area contributed by atoms with Crippen molar-refractivity contribution < 1.29 is 19.4 Å². The minimum atomic E-state index is -0.516. The van der Waals surface area contributed by atoms with E-state index < -0.39 is 6.04 Å². The zero-order valence-corrected chi connectivity index (χ0v) is 18.6. The van der Waals surface area contributed by atoms with Crippen molar-refractivity contribution in [3.05, 3.63) is 89.1 Å². The molecule has 3 aromatic rings. The van der Waals surface area contributed by atoms with Crippen molar-refractivity contribution in [3.63, 3.8) is 0 Å². The highest BCUT2D eigenvalue weighted by Gasteiger charge is 2.37. The first-order valence-corrected chi connectivity index (χ1v) is 11.0. The quantitative estimate of drug-likeness (QED) is 0.503. The third-order valence-corrected chi connectivity index (χ3v) is 6.45. The van der Waals surface area contributed by atoms with E-state index in [9.17, 15) is 9.90 Å². The molecule has 3 aromatic carbocycles. The van der Waals surface area contributed by atoms with Gasteiger partial charge in [0.1, 0.15) is 5.75 Å². The van der Waals surface area contributed by atoms with Gasteiger partial charge in [-0.2, -0.15) is 0 Å². The summed E-state index contributed by atoms with van der Waals surface area (Å²) in [7, 11) is 3.17. The smallest absolute Gasteiger partial charge is 0.163 e. The Morgan fingerprint density at radius 2 is 1.48 bits per heavy atom.